The minimum atomic E-state index is -0.176. The van der Waals surface area contributed by atoms with Crippen LogP contribution in [-0.2, 0) is 6.54 Å². The predicted molar refractivity (Wildman–Crippen MR) is 103 cm³/mol. The number of nitrogens with zero attached hydrogens (tertiary/aromatic N) is 4. The Kier molecular flexibility index (Phi) is 4.33. The normalized spacial score (nSPS) is 24.1. The molecule has 0 radical (unpaired) electrons. The molecule has 1 saturated heterocycles. The molecule has 1 aromatic carbocycles. The number of likely N-dealkylation sites (tertiary alicyclic amines) is 1. The van der Waals surface area contributed by atoms with Crippen LogP contribution in [-0.4, -0.2) is 44.5 Å². The van der Waals surface area contributed by atoms with Crippen molar-refractivity contribution in [1.82, 2.24) is 19.7 Å². The van der Waals surface area contributed by atoms with Crippen molar-refractivity contribution < 1.29 is 9.52 Å². The first kappa shape index (κ1) is 17.3. The second kappa shape index (κ2) is 7.00. The molecule has 7 nitrogen and oxygen atoms in total. The summed E-state index contributed by atoms with van der Waals surface area (Å²) in [7, 11) is 0. The molecule has 7 heteroatoms. The Balaban J connectivity index is 1.38. The van der Waals surface area contributed by atoms with Crippen LogP contribution in [0.2, 0.25) is 0 Å². The van der Waals surface area contributed by atoms with Crippen LogP contribution >= 0.6 is 0 Å². The second-order valence-corrected chi connectivity index (χ2v) is 7.66. The monoisotopic (exact) mass is 378 g/mol. The van der Waals surface area contributed by atoms with Crippen molar-refractivity contribution in [3.05, 3.63) is 70.5 Å². The highest BCUT2D eigenvalue weighted by Gasteiger charge is 2.40. The average Bonchev–Trinajstić information content (AvgIpc) is 3.18. The molecule has 3 atom stereocenters. The van der Waals surface area contributed by atoms with Crippen molar-refractivity contribution in [2.24, 2.45) is 5.92 Å². The molecule has 2 bridgehead atoms. The number of fused-ring (bicyclic) bond motifs is 4. The maximum absolute atomic E-state index is 12.4. The Hall–Kier alpha value is -2.77. The number of pyridine rings is 1. The topological polar surface area (TPSA) is 84.4 Å². The number of piperidine rings is 1. The van der Waals surface area contributed by atoms with Gasteiger partial charge in [0.1, 0.15) is 0 Å². The largest absolute Gasteiger partial charge is 0.419 e. The second-order valence-electron chi connectivity index (χ2n) is 7.66. The quantitative estimate of drug-likeness (QED) is 0.748. The fourth-order valence-electron chi connectivity index (χ4n) is 4.71. The molecule has 5 rings (SSSR count). The van der Waals surface area contributed by atoms with Gasteiger partial charge in [0.2, 0.25) is 11.8 Å². The van der Waals surface area contributed by atoms with Gasteiger partial charge in [0.05, 0.1) is 19.2 Å². The molecule has 4 heterocycles. The molecule has 3 aromatic rings. The summed E-state index contributed by atoms with van der Waals surface area (Å²) in [6, 6.07) is 15.0. The zero-order valence-electron chi connectivity index (χ0n) is 15.4. The molecule has 0 unspecified atom stereocenters. The summed E-state index contributed by atoms with van der Waals surface area (Å²) in [5.74, 6) is 1.61. The lowest BCUT2D eigenvalue weighted by atomic mass is 9.78. The summed E-state index contributed by atoms with van der Waals surface area (Å²) in [6.45, 7) is 2.18. The molecule has 1 fully saturated rings. The van der Waals surface area contributed by atoms with Gasteiger partial charge in [-0.2, -0.15) is 0 Å². The third-order valence-corrected chi connectivity index (χ3v) is 5.91. The van der Waals surface area contributed by atoms with Crippen LogP contribution in [0.25, 0.3) is 11.5 Å². The molecular formula is C21H22N4O3. The van der Waals surface area contributed by atoms with Gasteiger partial charge in [-0.15, -0.1) is 10.2 Å². The number of hydrogen-bond donors (Lipinski definition) is 1. The van der Waals surface area contributed by atoms with Crippen molar-refractivity contribution in [1.29, 1.82) is 0 Å². The number of aliphatic hydroxyl groups is 1. The van der Waals surface area contributed by atoms with E-state index in [4.69, 9.17) is 4.42 Å². The number of hydrogen-bond acceptors (Lipinski definition) is 6. The first-order valence-corrected chi connectivity index (χ1v) is 9.65. The fraction of sp³-hybridized carbons (Fsp3) is 0.381. The number of aliphatic hydroxyl groups excluding tert-OH is 1. The molecular weight excluding hydrogens is 356 g/mol. The predicted octanol–water partition coefficient (Wildman–Crippen LogP) is 2.05. The van der Waals surface area contributed by atoms with Gasteiger partial charge in [-0.25, -0.2) is 0 Å². The smallest absolute Gasteiger partial charge is 0.251 e. The third-order valence-electron chi connectivity index (χ3n) is 5.91. The fourth-order valence-corrected chi connectivity index (χ4v) is 4.71. The first-order valence-electron chi connectivity index (χ1n) is 9.65. The van der Waals surface area contributed by atoms with Gasteiger partial charge in [0, 0.05) is 36.3 Å². The Morgan fingerprint density at radius 3 is 2.75 bits per heavy atom. The highest BCUT2D eigenvalue weighted by atomic mass is 16.4. The van der Waals surface area contributed by atoms with Crippen molar-refractivity contribution in [2.75, 3.05) is 19.7 Å². The van der Waals surface area contributed by atoms with E-state index in [1.807, 2.05) is 42.5 Å². The van der Waals surface area contributed by atoms with E-state index in [0.29, 0.717) is 18.3 Å². The molecule has 2 aliphatic heterocycles. The standard InChI is InChI=1S/C21H22N4O3/c26-13-18-16-9-15(17-7-4-8-20(27)25(17)18)10-24(11-16)12-19-22-23-21(28-19)14-5-2-1-3-6-14/h1-8,15-16,18,26H,9-13H2/t15-,16+,18+/m1/s1. The summed E-state index contributed by atoms with van der Waals surface area (Å²) < 4.78 is 7.67. The van der Waals surface area contributed by atoms with E-state index in [2.05, 4.69) is 15.1 Å². The maximum Gasteiger partial charge on any atom is 0.251 e. The van der Waals surface area contributed by atoms with Crippen LogP contribution in [0.1, 0.15) is 30.0 Å². The third kappa shape index (κ3) is 2.96. The maximum atomic E-state index is 12.4. The van der Waals surface area contributed by atoms with E-state index >= 15 is 0 Å². The van der Waals surface area contributed by atoms with Crippen LogP contribution in [0.3, 0.4) is 0 Å². The van der Waals surface area contributed by atoms with Crippen molar-refractivity contribution in [3.63, 3.8) is 0 Å². The van der Waals surface area contributed by atoms with Gasteiger partial charge < -0.3 is 14.1 Å². The highest BCUT2D eigenvalue weighted by molar-refractivity contribution is 5.51. The Labute approximate surface area is 162 Å². The van der Waals surface area contributed by atoms with E-state index in [-0.39, 0.29) is 30.0 Å². The van der Waals surface area contributed by atoms with Gasteiger partial charge >= 0.3 is 0 Å². The zero-order valence-corrected chi connectivity index (χ0v) is 15.4. The molecule has 0 amide bonds. The molecule has 0 aliphatic carbocycles. The molecule has 2 aliphatic rings. The van der Waals surface area contributed by atoms with E-state index < -0.39 is 0 Å². The molecule has 1 N–H and O–H groups in total. The van der Waals surface area contributed by atoms with Crippen LogP contribution < -0.4 is 5.56 Å². The van der Waals surface area contributed by atoms with Crippen LogP contribution in [0.4, 0.5) is 0 Å². The SMILES string of the molecule is O=c1cccc2n1[C@@H](CO)[C@H]1C[C@@H]2CN(Cc2nnc(-c3ccccc3)o2)C1. The van der Waals surface area contributed by atoms with Crippen molar-refractivity contribution >= 4 is 0 Å². The Bertz CT molecular complexity index is 1030. The van der Waals surface area contributed by atoms with Crippen LogP contribution in [0.5, 0.6) is 0 Å². The molecule has 28 heavy (non-hydrogen) atoms. The van der Waals surface area contributed by atoms with E-state index in [1.54, 1.807) is 10.6 Å². The van der Waals surface area contributed by atoms with Gasteiger partial charge in [0.25, 0.3) is 5.56 Å². The van der Waals surface area contributed by atoms with Gasteiger partial charge in [-0.05, 0) is 30.5 Å². The number of rotatable bonds is 4. The summed E-state index contributed by atoms with van der Waals surface area (Å²) in [6.07, 6.45) is 0.990. The minimum Gasteiger partial charge on any atom is -0.419 e. The highest BCUT2D eigenvalue weighted by Crippen LogP contribution is 2.41. The molecule has 0 saturated carbocycles. The van der Waals surface area contributed by atoms with Crippen molar-refractivity contribution in [3.8, 4) is 11.5 Å². The Morgan fingerprint density at radius 1 is 1.07 bits per heavy atom. The van der Waals surface area contributed by atoms with E-state index in [0.717, 1.165) is 30.8 Å². The van der Waals surface area contributed by atoms with Gasteiger partial charge in [-0.3, -0.25) is 9.69 Å². The van der Waals surface area contributed by atoms with Gasteiger partial charge in [-0.1, -0.05) is 24.3 Å². The molecule has 144 valence electrons. The van der Waals surface area contributed by atoms with E-state index in [1.165, 1.54) is 0 Å². The van der Waals surface area contributed by atoms with E-state index in [9.17, 15) is 9.90 Å². The lowest BCUT2D eigenvalue weighted by Crippen LogP contribution is -2.50. The molecule has 0 spiro atoms. The summed E-state index contributed by atoms with van der Waals surface area (Å²) in [5.41, 5.74) is 1.90. The minimum absolute atomic E-state index is 0.0240. The lowest BCUT2D eigenvalue weighted by molar-refractivity contribution is 0.0541. The zero-order chi connectivity index (χ0) is 19.1. The molecule has 2 aromatic heterocycles. The number of aromatic nitrogens is 3. The van der Waals surface area contributed by atoms with Crippen molar-refractivity contribution in [2.45, 2.75) is 24.9 Å². The van der Waals surface area contributed by atoms with Crippen LogP contribution in [0.15, 0.2) is 57.7 Å². The number of benzene rings is 1. The Morgan fingerprint density at radius 2 is 1.93 bits per heavy atom. The van der Waals surface area contributed by atoms with Crippen LogP contribution in [0, 0.1) is 5.92 Å². The summed E-state index contributed by atoms with van der Waals surface area (Å²) >= 11 is 0. The first-order chi connectivity index (χ1) is 13.7. The van der Waals surface area contributed by atoms with Gasteiger partial charge in [0.15, 0.2) is 0 Å². The lowest BCUT2D eigenvalue weighted by Gasteiger charge is -2.46. The average molecular weight is 378 g/mol. The summed E-state index contributed by atoms with van der Waals surface area (Å²) in [5, 5.41) is 18.3. The summed E-state index contributed by atoms with van der Waals surface area (Å²) in [4.78, 5) is 14.7.